The Labute approximate surface area is 321 Å². The highest BCUT2D eigenvalue weighted by Crippen LogP contribution is 2.53. The Balaban J connectivity index is 6.94. The van der Waals surface area contributed by atoms with Crippen molar-refractivity contribution in [3.05, 3.63) is 0 Å². The quantitative estimate of drug-likeness (QED) is 0.0271. The first kappa shape index (κ1) is 50.8. The van der Waals surface area contributed by atoms with Crippen LogP contribution in [0.4, 0.5) is 0 Å². The van der Waals surface area contributed by atoms with Crippen LogP contribution in [0.2, 0.25) is 0 Å². The molecule has 3 atom stereocenters. The first-order valence-corrected chi connectivity index (χ1v) is 23.2. The summed E-state index contributed by atoms with van der Waals surface area (Å²) in [4.78, 5) is 13.6. The molecular weight excluding hydrogens is 633 g/mol. The molecule has 5 nitrogen and oxygen atoms in total. The van der Waals surface area contributed by atoms with Gasteiger partial charge in [-0.2, -0.15) is 0 Å². The van der Waals surface area contributed by atoms with Gasteiger partial charge in [0.15, 0.2) is 0 Å². The third kappa shape index (κ3) is 23.4. The molecule has 3 unspecified atom stereocenters. The summed E-state index contributed by atoms with van der Waals surface area (Å²) in [7, 11) is 0. The second kappa shape index (κ2) is 35.5. The maximum Gasteiger partial charge on any atom is 0.282 e. The van der Waals surface area contributed by atoms with Gasteiger partial charge in [-0.3, -0.25) is 0 Å². The van der Waals surface area contributed by atoms with Crippen molar-refractivity contribution in [2.24, 2.45) is 5.41 Å². The van der Waals surface area contributed by atoms with Gasteiger partial charge >= 0.3 is 0 Å². The molecule has 0 spiro atoms. The fourth-order valence-corrected chi connectivity index (χ4v) is 8.09. The van der Waals surface area contributed by atoms with Gasteiger partial charge in [-0.1, -0.05) is 183 Å². The average molecular weight is 727 g/mol. The molecule has 0 aromatic rings. The summed E-state index contributed by atoms with van der Waals surface area (Å²) in [6.45, 7) is 20.7. The molecule has 0 amide bonds. The summed E-state index contributed by atoms with van der Waals surface area (Å²) in [5, 5.41) is 0. The number of rotatable bonds is 42. The van der Waals surface area contributed by atoms with Crippen LogP contribution in [-0.2, 0) is 24.0 Å². The van der Waals surface area contributed by atoms with E-state index < -0.39 is 5.97 Å². The van der Waals surface area contributed by atoms with E-state index in [1.165, 1.54) is 141 Å². The lowest BCUT2D eigenvalue weighted by atomic mass is 9.59. The highest BCUT2D eigenvalue weighted by molar-refractivity contribution is 5.00. The molecule has 0 aliphatic rings. The van der Waals surface area contributed by atoms with Crippen LogP contribution in [0.1, 0.15) is 254 Å². The Morgan fingerprint density at radius 1 is 0.314 bits per heavy atom. The van der Waals surface area contributed by atoms with Gasteiger partial charge < -0.3 is 14.2 Å². The van der Waals surface area contributed by atoms with Crippen LogP contribution in [0, 0.1) is 5.41 Å². The molecule has 0 saturated carbocycles. The maximum absolute atomic E-state index is 7.14. The zero-order valence-electron chi connectivity index (χ0n) is 36.3. The Kier molecular flexibility index (Phi) is 35.4. The number of hydrogen-bond donors (Lipinski definition) is 0. The molecule has 51 heavy (non-hydrogen) atoms. The molecule has 0 bridgehead atoms. The SMILES string of the molecule is CCCCCCCCC(CCCCCCC)(OOCCCCC)C(CCCCC)(CCCCCC)CCCC(OCC)(OCCC)OCCCC. The van der Waals surface area contributed by atoms with Crippen molar-refractivity contribution in [2.75, 3.05) is 26.4 Å². The number of ether oxygens (including phenoxy) is 3. The predicted octanol–water partition coefficient (Wildman–Crippen LogP) is 15.6. The first-order valence-electron chi connectivity index (χ1n) is 23.2. The second-order valence-electron chi connectivity index (χ2n) is 15.9. The van der Waals surface area contributed by atoms with E-state index in [4.69, 9.17) is 24.0 Å². The van der Waals surface area contributed by atoms with E-state index in [2.05, 4.69) is 55.4 Å². The summed E-state index contributed by atoms with van der Waals surface area (Å²) >= 11 is 0. The Morgan fingerprint density at radius 3 is 1.29 bits per heavy atom. The first-order chi connectivity index (χ1) is 24.9. The molecule has 0 aromatic carbocycles. The standard InChI is InChI=1S/C46H94O5/c1-9-17-23-26-28-32-39-45(38-31-27-24-18-10-2,51-50-43-33-21-13-5)44(35-29-20-12-4,36-30-25-19-11-3)37-34-40-46(47-16-8,48-41-15-7)49-42-22-14-6/h9-43H2,1-8H3. The topological polar surface area (TPSA) is 46.2 Å². The van der Waals surface area contributed by atoms with Crippen molar-refractivity contribution in [1.29, 1.82) is 0 Å². The van der Waals surface area contributed by atoms with Gasteiger partial charge in [-0.05, 0) is 64.7 Å². The summed E-state index contributed by atoms with van der Waals surface area (Å²) in [5.74, 6) is -0.961. The minimum Gasteiger partial charge on any atom is -0.328 e. The van der Waals surface area contributed by atoms with Gasteiger partial charge in [0, 0.05) is 18.4 Å². The lowest BCUT2D eigenvalue weighted by Crippen LogP contribution is -2.51. The lowest BCUT2D eigenvalue weighted by molar-refractivity contribution is -0.397. The number of hydrogen-bond acceptors (Lipinski definition) is 5. The van der Waals surface area contributed by atoms with Gasteiger partial charge in [0.2, 0.25) is 0 Å². The van der Waals surface area contributed by atoms with E-state index in [-0.39, 0.29) is 11.0 Å². The van der Waals surface area contributed by atoms with Gasteiger partial charge in [-0.25, -0.2) is 9.78 Å². The number of unbranched alkanes of at least 4 members (excludes halogenated alkanes) is 17. The van der Waals surface area contributed by atoms with Crippen molar-refractivity contribution in [1.82, 2.24) is 0 Å². The Morgan fingerprint density at radius 2 is 0.745 bits per heavy atom. The normalized spacial score (nSPS) is 15.5. The van der Waals surface area contributed by atoms with Crippen LogP contribution < -0.4 is 0 Å². The third-order valence-corrected chi connectivity index (χ3v) is 11.3. The molecule has 5 heteroatoms. The van der Waals surface area contributed by atoms with E-state index >= 15 is 0 Å². The van der Waals surface area contributed by atoms with Gasteiger partial charge in [-0.15, -0.1) is 0 Å². The molecule has 0 rings (SSSR count). The third-order valence-electron chi connectivity index (χ3n) is 11.3. The van der Waals surface area contributed by atoms with Crippen LogP contribution in [0.25, 0.3) is 0 Å². The molecule has 0 fully saturated rings. The largest absolute Gasteiger partial charge is 0.328 e. The fraction of sp³-hybridized carbons (Fsp3) is 1.00. The van der Waals surface area contributed by atoms with Gasteiger partial charge in [0.25, 0.3) is 5.97 Å². The van der Waals surface area contributed by atoms with Gasteiger partial charge in [0.05, 0.1) is 19.8 Å². The van der Waals surface area contributed by atoms with Crippen molar-refractivity contribution in [3.8, 4) is 0 Å². The average Bonchev–Trinajstić information content (AvgIpc) is 3.13. The van der Waals surface area contributed by atoms with Crippen molar-refractivity contribution in [2.45, 2.75) is 266 Å². The van der Waals surface area contributed by atoms with Crippen molar-refractivity contribution >= 4 is 0 Å². The zero-order chi connectivity index (χ0) is 37.8. The molecule has 0 N–H and O–H groups in total. The molecule has 0 aliphatic carbocycles. The minimum atomic E-state index is -0.961. The van der Waals surface area contributed by atoms with Gasteiger partial charge in [0.1, 0.15) is 5.60 Å². The van der Waals surface area contributed by atoms with E-state index in [0.29, 0.717) is 26.4 Å². The van der Waals surface area contributed by atoms with E-state index in [1.807, 2.05) is 0 Å². The molecular formula is C46H94O5. The highest BCUT2D eigenvalue weighted by Gasteiger charge is 2.52. The van der Waals surface area contributed by atoms with Crippen molar-refractivity contribution in [3.63, 3.8) is 0 Å². The predicted molar refractivity (Wildman–Crippen MR) is 221 cm³/mol. The summed E-state index contributed by atoms with van der Waals surface area (Å²) in [5.41, 5.74) is -0.237. The highest BCUT2D eigenvalue weighted by atomic mass is 17.2. The summed E-state index contributed by atoms with van der Waals surface area (Å²) in [6, 6.07) is 0. The molecule has 0 heterocycles. The fourth-order valence-electron chi connectivity index (χ4n) is 8.09. The second-order valence-corrected chi connectivity index (χ2v) is 15.9. The van der Waals surface area contributed by atoms with Crippen LogP contribution in [0.5, 0.6) is 0 Å². The molecule has 0 radical (unpaired) electrons. The van der Waals surface area contributed by atoms with Crippen LogP contribution in [-0.4, -0.2) is 38.0 Å². The molecule has 308 valence electrons. The maximum atomic E-state index is 7.14. The van der Waals surface area contributed by atoms with E-state index in [0.717, 1.165) is 57.8 Å². The van der Waals surface area contributed by atoms with E-state index in [1.54, 1.807) is 0 Å². The zero-order valence-corrected chi connectivity index (χ0v) is 36.3. The van der Waals surface area contributed by atoms with Crippen LogP contribution >= 0.6 is 0 Å². The summed E-state index contributed by atoms with van der Waals surface area (Å²) in [6.07, 6.45) is 37.2. The van der Waals surface area contributed by atoms with Crippen LogP contribution in [0.3, 0.4) is 0 Å². The summed E-state index contributed by atoms with van der Waals surface area (Å²) < 4.78 is 19.4. The molecule has 0 aliphatic heterocycles. The molecule has 0 aromatic heterocycles. The smallest absolute Gasteiger partial charge is 0.282 e. The minimum absolute atomic E-state index is 0.0426. The Bertz CT molecular complexity index is 687. The molecule has 0 saturated heterocycles. The van der Waals surface area contributed by atoms with Crippen LogP contribution in [0.15, 0.2) is 0 Å². The monoisotopic (exact) mass is 727 g/mol. The lowest BCUT2D eigenvalue weighted by Gasteiger charge is -2.51. The van der Waals surface area contributed by atoms with E-state index in [9.17, 15) is 0 Å². The Hall–Kier alpha value is -0.200. The van der Waals surface area contributed by atoms with Crippen molar-refractivity contribution < 1.29 is 24.0 Å².